The zero-order valence-electron chi connectivity index (χ0n) is 18.5. The van der Waals surface area contributed by atoms with Gasteiger partial charge in [-0.25, -0.2) is 9.97 Å². The lowest BCUT2D eigenvalue weighted by atomic mass is 10.0. The molecule has 4 rings (SSSR count). The highest BCUT2D eigenvalue weighted by Gasteiger charge is 2.12. The Balaban J connectivity index is 1.76. The van der Waals surface area contributed by atoms with Crippen molar-refractivity contribution < 1.29 is 4.74 Å². The Morgan fingerprint density at radius 2 is 1.81 bits per heavy atom. The lowest BCUT2D eigenvalue weighted by molar-refractivity contribution is 0.128. The molecular formula is C26H28N4O. The van der Waals surface area contributed by atoms with Crippen LogP contribution >= 0.6 is 0 Å². The first-order chi connectivity index (χ1) is 15.0. The number of anilines is 2. The van der Waals surface area contributed by atoms with Crippen molar-refractivity contribution in [3.8, 4) is 11.3 Å². The number of hydrogen-bond acceptors (Lipinski definition) is 5. The van der Waals surface area contributed by atoms with E-state index in [4.69, 9.17) is 14.7 Å². The van der Waals surface area contributed by atoms with Crippen LogP contribution in [0.3, 0.4) is 0 Å². The highest BCUT2D eigenvalue weighted by atomic mass is 16.5. The van der Waals surface area contributed by atoms with E-state index in [0.717, 1.165) is 39.2 Å². The van der Waals surface area contributed by atoms with Crippen LogP contribution in [-0.2, 0) is 11.3 Å². The van der Waals surface area contributed by atoms with Crippen molar-refractivity contribution in [2.75, 3.05) is 11.9 Å². The van der Waals surface area contributed by atoms with Crippen LogP contribution in [0, 0.1) is 6.92 Å². The van der Waals surface area contributed by atoms with Crippen molar-refractivity contribution >= 4 is 22.4 Å². The lowest BCUT2D eigenvalue weighted by Gasteiger charge is -2.13. The van der Waals surface area contributed by atoms with Gasteiger partial charge in [0.1, 0.15) is 12.4 Å². The third-order valence-corrected chi connectivity index (χ3v) is 5.30. The van der Waals surface area contributed by atoms with Gasteiger partial charge in [-0.3, -0.25) is 4.98 Å². The Kier molecular flexibility index (Phi) is 6.23. The number of fused-ring (bicyclic) bond motifs is 1. The summed E-state index contributed by atoms with van der Waals surface area (Å²) in [5.41, 5.74) is 6.32. The molecule has 0 fully saturated rings. The van der Waals surface area contributed by atoms with E-state index < -0.39 is 0 Å². The van der Waals surface area contributed by atoms with Crippen molar-refractivity contribution in [1.29, 1.82) is 0 Å². The summed E-state index contributed by atoms with van der Waals surface area (Å²) < 4.78 is 5.58. The molecule has 1 N–H and O–H groups in total. The number of nitrogens with one attached hydrogen (secondary N) is 1. The van der Waals surface area contributed by atoms with Gasteiger partial charge in [-0.15, -0.1) is 0 Å². The molecule has 31 heavy (non-hydrogen) atoms. The minimum Gasteiger partial charge on any atom is -0.374 e. The average Bonchev–Trinajstić information content (AvgIpc) is 2.78. The van der Waals surface area contributed by atoms with Crippen LogP contribution in [0.1, 0.15) is 43.6 Å². The minimum absolute atomic E-state index is 0.375. The molecule has 158 valence electrons. The minimum atomic E-state index is 0.375. The maximum Gasteiger partial charge on any atom is 0.157 e. The molecule has 0 atom stereocenters. The zero-order chi connectivity index (χ0) is 21.8. The van der Waals surface area contributed by atoms with Gasteiger partial charge in [-0.05, 0) is 61.2 Å². The highest BCUT2D eigenvalue weighted by molar-refractivity contribution is 5.93. The van der Waals surface area contributed by atoms with Gasteiger partial charge in [0.05, 0.1) is 11.2 Å². The first kappa shape index (κ1) is 20.9. The second-order valence-corrected chi connectivity index (χ2v) is 7.93. The maximum atomic E-state index is 5.58. The molecule has 0 saturated carbocycles. The van der Waals surface area contributed by atoms with Gasteiger partial charge in [0, 0.05) is 29.4 Å². The van der Waals surface area contributed by atoms with Gasteiger partial charge in [-0.1, -0.05) is 38.1 Å². The van der Waals surface area contributed by atoms with Crippen LogP contribution in [0.15, 0.2) is 60.8 Å². The molecule has 4 aromatic rings. The number of aromatic nitrogens is 3. The molecule has 0 radical (unpaired) electrons. The summed E-state index contributed by atoms with van der Waals surface area (Å²) in [7, 11) is 0. The summed E-state index contributed by atoms with van der Waals surface area (Å²) in [5, 5.41) is 4.44. The normalized spacial score (nSPS) is 11.3. The third kappa shape index (κ3) is 4.72. The molecule has 0 aliphatic carbocycles. The van der Waals surface area contributed by atoms with Crippen LogP contribution in [0.2, 0.25) is 0 Å². The summed E-state index contributed by atoms with van der Waals surface area (Å²) in [6.45, 7) is 9.43. The predicted octanol–water partition coefficient (Wildman–Crippen LogP) is 6.40. The lowest BCUT2D eigenvalue weighted by Crippen LogP contribution is -2.04. The molecule has 0 saturated heterocycles. The third-order valence-electron chi connectivity index (χ3n) is 5.30. The van der Waals surface area contributed by atoms with E-state index in [1.54, 1.807) is 0 Å². The van der Waals surface area contributed by atoms with E-state index in [9.17, 15) is 0 Å². The van der Waals surface area contributed by atoms with Crippen LogP contribution in [0.5, 0.6) is 0 Å². The monoisotopic (exact) mass is 412 g/mol. The Bertz CT molecular complexity index is 1190. The first-order valence-electron chi connectivity index (χ1n) is 10.7. The van der Waals surface area contributed by atoms with Crippen LogP contribution in [0.4, 0.5) is 11.5 Å². The van der Waals surface area contributed by atoms with Gasteiger partial charge in [0.15, 0.2) is 5.82 Å². The maximum absolute atomic E-state index is 5.58. The molecule has 2 aromatic carbocycles. The molecule has 2 heterocycles. The molecule has 0 aliphatic rings. The van der Waals surface area contributed by atoms with Gasteiger partial charge < -0.3 is 10.1 Å². The Hall–Kier alpha value is -3.31. The molecule has 5 heteroatoms. The zero-order valence-corrected chi connectivity index (χ0v) is 18.5. The van der Waals surface area contributed by atoms with E-state index in [-0.39, 0.29) is 0 Å². The predicted molar refractivity (Wildman–Crippen MR) is 127 cm³/mol. The number of rotatable bonds is 7. The topological polar surface area (TPSA) is 59.9 Å². The van der Waals surface area contributed by atoms with Gasteiger partial charge >= 0.3 is 0 Å². The smallest absolute Gasteiger partial charge is 0.157 e. The summed E-state index contributed by atoms with van der Waals surface area (Å²) in [6.07, 6.45) is 1.82. The summed E-state index contributed by atoms with van der Waals surface area (Å²) in [6, 6.07) is 18.7. The molecule has 0 bridgehead atoms. The molecule has 5 nitrogen and oxygen atoms in total. The number of ether oxygens (including phenoxy) is 1. The van der Waals surface area contributed by atoms with Crippen molar-refractivity contribution in [3.05, 3.63) is 77.7 Å². The molecule has 2 aromatic heterocycles. The standard InChI is InChI=1S/C26H28N4O/c1-5-31-16-24-29-23-15-20(25-18(4)7-6-14-27-25)10-13-22(23)26(30-24)28-21-11-8-19(9-12-21)17(2)3/h6-15,17H,5,16H2,1-4H3,(H,28,29,30). The van der Waals surface area contributed by atoms with Crippen LogP contribution in [-0.4, -0.2) is 21.6 Å². The van der Waals surface area contributed by atoms with Crippen LogP contribution in [0.25, 0.3) is 22.2 Å². The second kappa shape index (κ2) is 9.23. The van der Waals surface area contributed by atoms with E-state index >= 15 is 0 Å². The molecule has 0 unspecified atom stereocenters. The van der Waals surface area contributed by atoms with Crippen molar-refractivity contribution in [1.82, 2.24) is 15.0 Å². The number of hydrogen-bond donors (Lipinski definition) is 1. The SMILES string of the molecule is CCOCc1nc(Nc2ccc(C(C)C)cc2)c2ccc(-c3ncccc3C)cc2n1. The van der Waals surface area contributed by atoms with E-state index in [2.05, 4.69) is 79.6 Å². The average molecular weight is 413 g/mol. The second-order valence-electron chi connectivity index (χ2n) is 7.93. The fraction of sp³-hybridized carbons (Fsp3) is 0.269. The Morgan fingerprint density at radius 1 is 1.00 bits per heavy atom. The van der Waals surface area contributed by atoms with E-state index in [0.29, 0.717) is 25.0 Å². The quantitative estimate of drug-likeness (QED) is 0.380. The molecule has 0 spiro atoms. The summed E-state index contributed by atoms with van der Waals surface area (Å²) in [5.74, 6) is 1.94. The Labute approximate surface area is 183 Å². The van der Waals surface area contributed by atoms with Crippen LogP contribution < -0.4 is 5.32 Å². The van der Waals surface area contributed by atoms with E-state index in [1.807, 2.05) is 19.2 Å². The highest BCUT2D eigenvalue weighted by Crippen LogP contribution is 2.29. The molecular weight excluding hydrogens is 384 g/mol. The van der Waals surface area contributed by atoms with Gasteiger partial charge in [-0.2, -0.15) is 0 Å². The number of pyridine rings is 1. The number of benzene rings is 2. The summed E-state index contributed by atoms with van der Waals surface area (Å²) in [4.78, 5) is 14.1. The molecule has 0 amide bonds. The van der Waals surface area contributed by atoms with Gasteiger partial charge in [0.25, 0.3) is 0 Å². The van der Waals surface area contributed by atoms with Crippen molar-refractivity contribution in [3.63, 3.8) is 0 Å². The van der Waals surface area contributed by atoms with E-state index in [1.165, 1.54) is 5.56 Å². The van der Waals surface area contributed by atoms with Crippen molar-refractivity contribution in [2.45, 2.75) is 40.2 Å². The number of aryl methyl sites for hydroxylation is 1. The van der Waals surface area contributed by atoms with Gasteiger partial charge in [0.2, 0.25) is 0 Å². The summed E-state index contributed by atoms with van der Waals surface area (Å²) >= 11 is 0. The first-order valence-corrected chi connectivity index (χ1v) is 10.7. The molecule has 0 aliphatic heterocycles. The largest absolute Gasteiger partial charge is 0.374 e. The Morgan fingerprint density at radius 3 is 2.52 bits per heavy atom. The van der Waals surface area contributed by atoms with Crippen molar-refractivity contribution in [2.24, 2.45) is 0 Å². The number of nitrogens with zero attached hydrogens (tertiary/aromatic N) is 3. The fourth-order valence-corrected chi connectivity index (χ4v) is 3.55. The fourth-order valence-electron chi connectivity index (χ4n) is 3.55.